The quantitative estimate of drug-likeness (QED) is 0.235. The minimum Gasteiger partial charge on any atom is -0.326 e. The number of carbonyl (C=O) groups is 1. The van der Waals surface area contributed by atoms with Crippen molar-refractivity contribution in [3.63, 3.8) is 0 Å². The van der Waals surface area contributed by atoms with Crippen LogP contribution in [0.2, 0.25) is 10.0 Å². The summed E-state index contributed by atoms with van der Waals surface area (Å²) < 4.78 is 3.08. The minimum atomic E-state index is -0.622. The lowest BCUT2D eigenvalue weighted by atomic mass is 10.2. The number of anilines is 1. The Morgan fingerprint density at radius 2 is 2.00 bits per heavy atom. The number of thioether (sulfide) groups is 1. The van der Waals surface area contributed by atoms with Crippen LogP contribution in [0.15, 0.2) is 58.6 Å². The average molecular weight is 517 g/mol. The Bertz CT molecular complexity index is 1520. The minimum absolute atomic E-state index is 0.00512. The summed E-state index contributed by atoms with van der Waals surface area (Å²) in [7, 11) is 0. The zero-order valence-corrected chi connectivity index (χ0v) is 19.5. The van der Waals surface area contributed by atoms with Gasteiger partial charge >= 0.3 is 0 Å². The van der Waals surface area contributed by atoms with E-state index in [1.54, 1.807) is 28.9 Å². The van der Waals surface area contributed by atoms with Crippen molar-refractivity contribution in [3.8, 4) is 5.69 Å². The first kappa shape index (κ1) is 22.4. The topological polar surface area (TPSA) is 125 Å². The van der Waals surface area contributed by atoms with E-state index in [1.807, 2.05) is 0 Å². The summed E-state index contributed by atoms with van der Waals surface area (Å²) in [6.45, 7) is 0. The third kappa shape index (κ3) is 4.02. The normalized spacial score (nSPS) is 14.8. The monoisotopic (exact) mass is 516 g/mol. The molecule has 0 bridgehead atoms. The van der Waals surface area contributed by atoms with E-state index in [2.05, 4.69) is 15.4 Å². The zero-order valence-electron chi connectivity index (χ0n) is 17.1. The molecular weight excluding hydrogens is 503 g/mol. The number of halogens is 2. The second-order valence-corrected chi connectivity index (χ2v) is 9.31. The molecule has 0 spiro atoms. The number of nitrogens with one attached hydrogen (secondary N) is 1. The van der Waals surface area contributed by atoms with Crippen LogP contribution in [0.1, 0.15) is 12.5 Å². The standard InChI is InChI=1S/C21H14Cl2N6O4S/c22-11-1-4-13(5-2-11)28-19-15(9-24-28)20(31)27-14(10-34-21(27)26-19)8-18(30)25-12-3-6-16(23)17(7-12)29(32)33/h1-7,9,14H,8,10H2,(H,25,30). The van der Waals surface area contributed by atoms with Gasteiger partial charge in [-0.3, -0.25) is 24.3 Å². The Hall–Kier alpha value is -3.41. The smallest absolute Gasteiger partial charge is 0.289 e. The van der Waals surface area contributed by atoms with Gasteiger partial charge in [0.1, 0.15) is 10.4 Å². The van der Waals surface area contributed by atoms with E-state index in [-0.39, 0.29) is 34.3 Å². The van der Waals surface area contributed by atoms with Gasteiger partial charge in [0.15, 0.2) is 10.8 Å². The molecule has 10 nitrogen and oxygen atoms in total. The highest BCUT2D eigenvalue weighted by Gasteiger charge is 2.30. The van der Waals surface area contributed by atoms with E-state index < -0.39 is 11.0 Å². The predicted octanol–water partition coefficient (Wildman–Crippen LogP) is 4.47. The van der Waals surface area contributed by atoms with E-state index >= 15 is 0 Å². The maximum Gasteiger partial charge on any atom is 0.289 e. The number of aromatic nitrogens is 4. The van der Waals surface area contributed by atoms with Gasteiger partial charge in [0.05, 0.1) is 22.8 Å². The molecule has 4 aromatic rings. The van der Waals surface area contributed by atoms with Crippen LogP contribution in [0.25, 0.3) is 16.7 Å². The average Bonchev–Trinajstić information content (AvgIpc) is 3.40. The highest BCUT2D eigenvalue weighted by Crippen LogP contribution is 2.34. The van der Waals surface area contributed by atoms with Gasteiger partial charge < -0.3 is 5.32 Å². The van der Waals surface area contributed by atoms with Crippen molar-refractivity contribution in [2.45, 2.75) is 17.6 Å². The predicted molar refractivity (Wildman–Crippen MR) is 129 cm³/mol. The fraction of sp³-hybridized carbons (Fsp3) is 0.143. The second-order valence-electron chi connectivity index (χ2n) is 7.48. The van der Waals surface area contributed by atoms with Crippen LogP contribution < -0.4 is 10.9 Å². The Kier molecular flexibility index (Phi) is 5.76. The molecule has 1 amide bonds. The number of benzene rings is 2. The van der Waals surface area contributed by atoms with Crippen molar-refractivity contribution in [2.24, 2.45) is 0 Å². The Morgan fingerprint density at radius 3 is 2.74 bits per heavy atom. The maximum absolute atomic E-state index is 13.2. The molecule has 1 N–H and O–H groups in total. The molecule has 0 saturated carbocycles. The van der Waals surface area contributed by atoms with Gasteiger partial charge in [-0.2, -0.15) is 5.10 Å². The fourth-order valence-electron chi connectivity index (χ4n) is 3.71. The van der Waals surface area contributed by atoms with Crippen LogP contribution in [-0.4, -0.2) is 35.9 Å². The first-order valence-corrected chi connectivity index (χ1v) is 11.7. The molecule has 5 rings (SSSR count). The van der Waals surface area contributed by atoms with Crippen LogP contribution in [-0.2, 0) is 4.79 Å². The summed E-state index contributed by atoms with van der Waals surface area (Å²) in [6.07, 6.45) is 1.45. The molecule has 1 unspecified atom stereocenters. The summed E-state index contributed by atoms with van der Waals surface area (Å²) in [5.41, 5.74) is 0.793. The molecule has 1 aliphatic heterocycles. The van der Waals surface area contributed by atoms with Crippen molar-refractivity contribution in [1.82, 2.24) is 19.3 Å². The fourth-order valence-corrected chi connectivity index (χ4v) is 5.15. The van der Waals surface area contributed by atoms with Crippen LogP contribution in [0.5, 0.6) is 0 Å². The first-order chi connectivity index (χ1) is 16.3. The molecule has 172 valence electrons. The third-order valence-corrected chi connectivity index (χ3v) is 6.96. The number of nitro groups is 1. The Labute approximate surface area is 205 Å². The number of rotatable bonds is 5. The van der Waals surface area contributed by atoms with Gasteiger partial charge in [-0.1, -0.05) is 35.0 Å². The molecule has 0 aliphatic carbocycles. The van der Waals surface area contributed by atoms with Gasteiger partial charge in [0.2, 0.25) is 5.91 Å². The Balaban J connectivity index is 1.41. The van der Waals surface area contributed by atoms with E-state index in [9.17, 15) is 19.7 Å². The summed E-state index contributed by atoms with van der Waals surface area (Å²) >= 11 is 13.2. The van der Waals surface area contributed by atoms with Crippen molar-refractivity contribution >= 4 is 63.3 Å². The number of hydrogen-bond acceptors (Lipinski definition) is 7. The lowest BCUT2D eigenvalue weighted by Gasteiger charge is -2.13. The molecule has 1 aliphatic rings. The number of nitrogens with zero attached hydrogens (tertiary/aromatic N) is 5. The summed E-state index contributed by atoms with van der Waals surface area (Å²) in [5, 5.41) is 19.4. The number of amides is 1. The Morgan fingerprint density at radius 1 is 1.24 bits per heavy atom. The highest BCUT2D eigenvalue weighted by atomic mass is 35.5. The van der Waals surface area contributed by atoms with Crippen molar-refractivity contribution in [1.29, 1.82) is 0 Å². The van der Waals surface area contributed by atoms with Gasteiger partial charge in [-0.25, -0.2) is 9.67 Å². The molecule has 13 heteroatoms. The van der Waals surface area contributed by atoms with Crippen LogP contribution >= 0.6 is 35.0 Å². The van der Waals surface area contributed by atoms with Crippen LogP contribution in [0.3, 0.4) is 0 Å². The van der Waals surface area contributed by atoms with E-state index in [4.69, 9.17) is 23.2 Å². The summed E-state index contributed by atoms with van der Waals surface area (Å²) in [4.78, 5) is 41.0. The SMILES string of the molecule is O=C(CC1CSc2nc3c(cnn3-c3ccc(Cl)cc3)c(=O)n21)Nc1ccc(Cl)c([N+](=O)[O-])c1. The summed E-state index contributed by atoms with van der Waals surface area (Å²) in [6, 6.07) is 10.6. The van der Waals surface area contributed by atoms with Crippen molar-refractivity contribution in [3.05, 3.63) is 79.2 Å². The molecule has 0 fully saturated rings. The number of carbonyl (C=O) groups excluding carboxylic acids is 1. The molecule has 0 saturated heterocycles. The molecule has 1 atom stereocenters. The summed E-state index contributed by atoms with van der Waals surface area (Å²) in [5.74, 6) is 0.0937. The molecule has 2 aromatic carbocycles. The van der Waals surface area contributed by atoms with Gasteiger partial charge in [0.25, 0.3) is 11.2 Å². The van der Waals surface area contributed by atoms with Crippen LogP contribution in [0, 0.1) is 10.1 Å². The lowest BCUT2D eigenvalue weighted by Crippen LogP contribution is -2.27. The van der Waals surface area contributed by atoms with Gasteiger partial charge in [0, 0.05) is 29.0 Å². The number of nitro benzene ring substituents is 1. The molecular formula is C21H14Cl2N6O4S. The highest BCUT2D eigenvalue weighted by molar-refractivity contribution is 7.99. The van der Waals surface area contributed by atoms with Crippen molar-refractivity contribution < 1.29 is 9.72 Å². The number of hydrogen-bond donors (Lipinski definition) is 1. The van der Waals surface area contributed by atoms with Crippen LogP contribution in [0.4, 0.5) is 11.4 Å². The first-order valence-electron chi connectivity index (χ1n) is 9.94. The largest absolute Gasteiger partial charge is 0.326 e. The van der Waals surface area contributed by atoms with E-state index in [0.717, 1.165) is 0 Å². The number of fused-ring (bicyclic) bond motifs is 2. The van der Waals surface area contributed by atoms with E-state index in [0.29, 0.717) is 32.7 Å². The lowest BCUT2D eigenvalue weighted by molar-refractivity contribution is -0.384. The maximum atomic E-state index is 13.2. The van der Waals surface area contributed by atoms with Crippen molar-refractivity contribution in [2.75, 3.05) is 11.1 Å². The zero-order chi connectivity index (χ0) is 24.0. The molecule has 2 aromatic heterocycles. The molecule has 3 heterocycles. The second kappa shape index (κ2) is 8.75. The third-order valence-electron chi connectivity index (χ3n) is 5.29. The molecule has 0 radical (unpaired) electrons. The van der Waals surface area contributed by atoms with Gasteiger partial charge in [-0.15, -0.1) is 0 Å². The van der Waals surface area contributed by atoms with E-state index in [1.165, 1.54) is 40.7 Å². The van der Waals surface area contributed by atoms with Gasteiger partial charge in [-0.05, 0) is 36.4 Å². The molecule has 34 heavy (non-hydrogen) atoms.